The third-order valence-electron chi connectivity index (χ3n) is 2.87. The second kappa shape index (κ2) is 7.25. The first-order valence-electron chi connectivity index (χ1n) is 6.14. The van der Waals surface area contributed by atoms with Gasteiger partial charge in [0.05, 0.1) is 5.56 Å². The van der Waals surface area contributed by atoms with Gasteiger partial charge in [-0.05, 0) is 58.2 Å². The van der Waals surface area contributed by atoms with Crippen LogP contribution in [0.2, 0.25) is 10.0 Å². The van der Waals surface area contributed by atoms with E-state index >= 15 is 0 Å². The zero-order valence-corrected chi connectivity index (χ0v) is 13.9. The average molecular weight is 391 g/mol. The van der Waals surface area contributed by atoms with Crippen LogP contribution in [0.1, 0.15) is 15.9 Å². The van der Waals surface area contributed by atoms with Gasteiger partial charge >= 0.3 is 0 Å². The van der Waals surface area contributed by atoms with Crippen molar-refractivity contribution < 1.29 is 9.18 Å². The van der Waals surface area contributed by atoms with Gasteiger partial charge < -0.3 is 5.32 Å². The van der Waals surface area contributed by atoms with Gasteiger partial charge in [-0.2, -0.15) is 0 Å². The van der Waals surface area contributed by atoms with Crippen LogP contribution in [0.4, 0.5) is 4.39 Å². The molecular formula is C15H11BrCl2FNO. The standard InChI is InChI=1S/C15H11BrCl2FNO/c16-13-8-11(19)3-4-12(13)15(21)20-6-5-9-1-2-10(17)7-14(9)18/h1-4,7-8H,5-6H2,(H,20,21). The minimum Gasteiger partial charge on any atom is -0.352 e. The van der Waals surface area contributed by atoms with E-state index in [1.54, 1.807) is 12.1 Å². The molecule has 0 aliphatic carbocycles. The molecule has 0 aliphatic heterocycles. The number of amides is 1. The predicted molar refractivity (Wildman–Crippen MR) is 86.6 cm³/mol. The molecule has 2 rings (SSSR count). The van der Waals surface area contributed by atoms with Gasteiger partial charge in [0.1, 0.15) is 5.82 Å². The van der Waals surface area contributed by atoms with E-state index in [9.17, 15) is 9.18 Å². The van der Waals surface area contributed by atoms with Gasteiger partial charge in [-0.25, -0.2) is 4.39 Å². The zero-order valence-electron chi connectivity index (χ0n) is 10.8. The van der Waals surface area contributed by atoms with Crippen LogP contribution in [0, 0.1) is 5.82 Å². The maximum atomic E-state index is 13.0. The van der Waals surface area contributed by atoms with Crippen LogP contribution in [-0.2, 0) is 6.42 Å². The second-order valence-electron chi connectivity index (χ2n) is 4.37. The highest BCUT2D eigenvalue weighted by Crippen LogP contribution is 2.21. The van der Waals surface area contributed by atoms with Crippen molar-refractivity contribution in [3.05, 3.63) is 67.9 Å². The summed E-state index contributed by atoms with van der Waals surface area (Å²) in [6.07, 6.45) is 0.584. The number of carbonyl (C=O) groups is 1. The lowest BCUT2D eigenvalue weighted by Gasteiger charge is -2.08. The van der Waals surface area contributed by atoms with Crippen LogP contribution in [0.3, 0.4) is 0 Å². The molecule has 21 heavy (non-hydrogen) atoms. The average Bonchev–Trinajstić information content (AvgIpc) is 2.41. The molecule has 2 aromatic rings. The Morgan fingerprint density at radius 1 is 1.19 bits per heavy atom. The molecule has 110 valence electrons. The molecule has 0 radical (unpaired) electrons. The van der Waals surface area contributed by atoms with Gasteiger partial charge in [-0.3, -0.25) is 4.79 Å². The van der Waals surface area contributed by atoms with E-state index in [-0.39, 0.29) is 5.91 Å². The molecule has 0 bridgehead atoms. The van der Waals surface area contributed by atoms with E-state index in [2.05, 4.69) is 21.2 Å². The van der Waals surface area contributed by atoms with E-state index in [1.165, 1.54) is 18.2 Å². The van der Waals surface area contributed by atoms with Crippen molar-refractivity contribution in [1.29, 1.82) is 0 Å². The molecule has 1 N–H and O–H groups in total. The third kappa shape index (κ3) is 4.43. The summed E-state index contributed by atoms with van der Waals surface area (Å²) in [7, 11) is 0. The Bertz CT molecular complexity index is 679. The Kier molecular flexibility index (Phi) is 5.62. The summed E-state index contributed by atoms with van der Waals surface area (Å²) < 4.78 is 13.4. The van der Waals surface area contributed by atoms with Crippen molar-refractivity contribution >= 4 is 45.0 Å². The summed E-state index contributed by atoms with van der Waals surface area (Å²) in [5, 5.41) is 3.91. The van der Waals surface area contributed by atoms with E-state index in [1.807, 2.05) is 6.07 Å². The molecular weight excluding hydrogens is 380 g/mol. The number of benzene rings is 2. The van der Waals surface area contributed by atoms with Crippen LogP contribution >= 0.6 is 39.1 Å². The van der Waals surface area contributed by atoms with Gasteiger partial charge in [0.2, 0.25) is 0 Å². The Balaban J connectivity index is 1.95. The van der Waals surface area contributed by atoms with Crippen molar-refractivity contribution in [2.24, 2.45) is 0 Å². The van der Waals surface area contributed by atoms with Gasteiger partial charge in [0.25, 0.3) is 5.91 Å². The van der Waals surface area contributed by atoms with Crippen LogP contribution in [0.15, 0.2) is 40.9 Å². The highest BCUT2D eigenvalue weighted by atomic mass is 79.9. The largest absolute Gasteiger partial charge is 0.352 e. The third-order valence-corrected chi connectivity index (χ3v) is 4.11. The molecule has 0 heterocycles. The van der Waals surface area contributed by atoms with E-state index in [0.29, 0.717) is 33.0 Å². The lowest BCUT2D eigenvalue weighted by atomic mass is 10.1. The number of carbonyl (C=O) groups excluding carboxylic acids is 1. The van der Waals surface area contributed by atoms with Gasteiger partial charge in [0, 0.05) is 21.1 Å². The smallest absolute Gasteiger partial charge is 0.252 e. The first kappa shape index (κ1) is 16.3. The summed E-state index contributed by atoms with van der Waals surface area (Å²) in [4.78, 5) is 12.0. The molecule has 0 saturated carbocycles. The molecule has 0 aliphatic rings. The molecule has 6 heteroatoms. The molecule has 0 atom stereocenters. The quantitative estimate of drug-likeness (QED) is 0.792. The number of nitrogens with one attached hydrogen (secondary N) is 1. The fourth-order valence-electron chi connectivity index (χ4n) is 1.80. The van der Waals surface area contributed by atoms with Crippen molar-refractivity contribution in [3.63, 3.8) is 0 Å². The van der Waals surface area contributed by atoms with Crippen molar-refractivity contribution in [1.82, 2.24) is 5.32 Å². The van der Waals surface area contributed by atoms with Crippen molar-refractivity contribution in [3.8, 4) is 0 Å². The van der Waals surface area contributed by atoms with Crippen molar-refractivity contribution in [2.75, 3.05) is 6.54 Å². The zero-order chi connectivity index (χ0) is 15.4. The van der Waals surface area contributed by atoms with Gasteiger partial charge in [-0.15, -0.1) is 0 Å². The highest BCUT2D eigenvalue weighted by Gasteiger charge is 2.10. The Hall–Kier alpha value is -1.10. The van der Waals surface area contributed by atoms with Gasteiger partial charge in [-0.1, -0.05) is 29.3 Å². The SMILES string of the molecule is O=C(NCCc1ccc(Cl)cc1Cl)c1ccc(F)cc1Br. The fourth-order valence-corrected chi connectivity index (χ4v) is 2.84. The summed E-state index contributed by atoms with van der Waals surface area (Å²) >= 11 is 15.0. The maximum absolute atomic E-state index is 13.0. The summed E-state index contributed by atoms with van der Waals surface area (Å²) in [5.74, 6) is -0.668. The summed E-state index contributed by atoms with van der Waals surface area (Å²) in [5.41, 5.74) is 1.29. The molecule has 2 aromatic carbocycles. The number of hydrogen-bond donors (Lipinski definition) is 1. The summed E-state index contributed by atoms with van der Waals surface area (Å²) in [6, 6.07) is 9.17. The Morgan fingerprint density at radius 2 is 1.95 bits per heavy atom. The molecule has 0 saturated heterocycles. The lowest BCUT2D eigenvalue weighted by molar-refractivity contribution is 0.0953. The molecule has 0 unspecified atom stereocenters. The second-order valence-corrected chi connectivity index (χ2v) is 6.06. The number of halogens is 4. The van der Waals surface area contributed by atoms with E-state index in [0.717, 1.165) is 5.56 Å². The topological polar surface area (TPSA) is 29.1 Å². The number of hydrogen-bond acceptors (Lipinski definition) is 1. The summed E-state index contributed by atoms with van der Waals surface area (Å²) in [6.45, 7) is 0.421. The Morgan fingerprint density at radius 3 is 2.62 bits per heavy atom. The van der Waals surface area contributed by atoms with Gasteiger partial charge in [0.15, 0.2) is 0 Å². The predicted octanol–water partition coefficient (Wildman–Crippen LogP) is 4.87. The minimum absolute atomic E-state index is 0.271. The lowest BCUT2D eigenvalue weighted by Crippen LogP contribution is -2.26. The normalized spacial score (nSPS) is 10.5. The van der Waals surface area contributed by atoms with E-state index in [4.69, 9.17) is 23.2 Å². The van der Waals surface area contributed by atoms with Crippen molar-refractivity contribution in [2.45, 2.75) is 6.42 Å². The maximum Gasteiger partial charge on any atom is 0.252 e. The fraction of sp³-hybridized carbons (Fsp3) is 0.133. The van der Waals surface area contributed by atoms with Crippen LogP contribution in [0.25, 0.3) is 0 Å². The molecule has 0 fully saturated rings. The van der Waals surface area contributed by atoms with Crippen LogP contribution in [0.5, 0.6) is 0 Å². The monoisotopic (exact) mass is 389 g/mol. The molecule has 2 nitrogen and oxygen atoms in total. The first-order valence-corrected chi connectivity index (χ1v) is 7.69. The number of rotatable bonds is 4. The minimum atomic E-state index is -0.397. The first-order chi connectivity index (χ1) is 9.97. The highest BCUT2D eigenvalue weighted by molar-refractivity contribution is 9.10. The van der Waals surface area contributed by atoms with Crippen LogP contribution in [-0.4, -0.2) is 12.5 Å². The van der Waals surface area contributed by atoms with Crippen LogP contribution < -0.4 is 5.32 Å². The van der Waals surface area contributed by atoms with E-state index < -0.39 is 5.82 Å². The molecule has 0 aromatic heterocycles. The Labute approximate surface area is 140 Å². The molecule has 0 spiro atoms. The molecule has 1 amide bonds.